The normalized spacial score (nSPS) is 25.1. The van der Waals surface area contributed by atoms with E-state index in [-0.39, 0.29) is 36.3 Å². The number of pyridine rings is 1. The molecule has 1 aliphatic carbocycles. The highest BCUT2D eigenvalue weighted by atomic mass is 16.3. The summed E-state index contributed by atoms with van der Waals surface area (Å²) in [5.74, 6) is 0.200. The summed E-state index contributed by atoms with van der Waals surface area (Å²) in [6.07, 6.45) is 6.18. The van der Waals surface area contributed by atoms with Crippen molar-refractivity contribution in [3.8, 4) is 0 Å². The Bertz CT molecular complexity index is 907. The minimum absolute atomic E-state index is 0.0377. The van der Waals surface area contributed by atoms with Crippen LogP contribution in [0.5, 0.6) is 0 Å². The Morgan fingerprint density at radius 1 is 1.10 bits per heavy atom. The number of aromatic nitrogens is 1. The van der Waals surface area contributed by atoms with E-state index in [9.17, 15) is 14.7 Å². The first kappa shape index (κ1) is 18.3. The van der Waals surface area contributed by atoms with E-state index >= 15 is 0 Å². The van der Waals surface area contributed by atoms with Gasteiger partial charge in [-0.05, 0) is 30.5 Å². The molecule has 1 aromatic heterocycles. The minimum Gasteiger partial charge on any atom is -0.394 e. The van der Waals surface area contributed by atoms with Crippen LogP contribution in [0.4, 0.5) is 0 Å². The first-order valence-corrected chi connectivity index (χ1v) is 10.3. The quantitative estimate of drug-likeness (QED) is 0.866. The average Bonchev–Trinajstić information content (AvgIpc) is 2.66. The van der Waals surface area contributed by atoms with E-state index in [1.165, 1.54) is 0 Å². The van der Waals surface area contributed by atoms with Crippen molar-refractivity contribution in [1.29, 1.82) is 0 Å². The summed E-state index contributed by atoms with van der Waals surface area (Å²) in [7, 11) is 0. The predicted octanol–water partition coefficient (Wildman–Crippen LogP) is 2.06. The molecule has 0 bridgehead atoms. The molecule has 2 atom stereocenters. The summed E-state index contributed by atoms with van der Waals surface area (Å²) in [4.78, 5) is 33.8. The second kappa shape index (κ2) is 6.95. The number of nitrogens with zero attached hydrogens (tertiary/aromatic N) is 3. The largest absolute Gasteiger partial charge is 0.394 e. The van der Waals surface area contributed by atoms with Gasteiger partial charge < -0.3 is 14.9 Å². The lowest BCUT2D eigenvalue weighted by Crippen LogP contribution is -2.86. The van der Waals surface area contributed by atoms with Crippen molar-refractivity contribution in [1.82, 2.24) is 14.8 Å². The average molecular weight is 391 g/mol. The van der Waals surface area contributed by atoms with Crippen LogP contribution in [0.1, 0.15) is 41.1 Å². The van der Waals surface area contributed by atoms with E-state index in [4.69, 9.17) is 0 Å². The Morgan fingerprint density at radius 3 is 2.45 bits per heavy atom. The third-order valence-electron chi connectivity index (χ3n) is 6.94. The number of benzene rings is 1. The smallest absolute Gasteiger partial charge is 0.255 e. The Hall–Kier alpha value is -2.73. The monoisotopic (exact) mass is 391 g/mol. The van der Waals surface area contributed by atoms with Crippen LogP contribution in [0.25, 0.3) is 0 Å². The lowest BCUT2D eigenvalue weighted by atomic mass is 9.59. The maximum Gasteiger partial charge on any atom is 0.255 e. The summed E-state index contributed by atoms with van der Waals surface area (Å²) >= 11 is 0. The molecule has 2 amide bonds. The Labute approximate surface area is 170 Å². The predicted molar refractivity (Wildman–Crippen MR) is 107 cm³/mol. The van der Waals surface area contributed by atoms with Crippen LogP contribution in [0, 0.1) is 5.92 Å². The molecule has 0 unspecified atom stereocenters. The second-order valence-electron chi connectivity index (χ2n) is 8.48. The summed E-state index contributed by atoms with van der Waals surface area (Å²) < 4.78 is 0. The number of aliphatic hydroxyl groups is 1. The third kappa shape index (κ3) is 2.69. The van der Waals surface area contributed by atoms with Crippen LogP contribution in [-0.2, 0) is 4.79 Å². The molecule has 6 nitrogen and oxygen atoms in total. The zero-order valence-electron chi connectivity index (χ0n) is 16.3. The van der Waals surface area contributed by atoms with Gasteiger partial charge in [-0.15, -0.1) is 0 Å². The topological polar surface area (TPSA) is 73.7 Å². The fourth-order valence-corrected chi connectivity index (χ4v) is 5.30. The van der Waals surface area contributed by atoms with Crippen LogP contribution in [0.2, 0.25) is 0 Å². The van der Waals surface area contributed by atoms with Gasteiger partial charge in [-0.3, -0.25) is 14.6 Å². The van der Waals surface area contributed by atoms with Crippen molar-refractivity contribution in [2.45, 2.75) is 36.8 Å². The fourth-order valence-electron chi connectivity index (χ4n) is 5.30. The molecule has 3 fully saturated rings. The molecule has 2 saturated heterocycles. The molecular weight excluding hydrogens is 366 g/mol. The van der Waals surface area contributed by atoms with Crippen molar-refractivity contribution in [2.75, 3.05) is 19.7 Å². The number of aliphatic hydroxyl groups excluding tert-OH is 1. The van der Waals surface area contributed by atoms with Gasteiger partial charge in [-0.25, -0.2) is 0 Å². The molecule has 2 aliphatic heterocycles. The van der Waals surface area contributed by atoms with Crippen LogP contribution >= 0.6 is 0 Å². The zero-order chi connectivity index (χ0) is 20.0. The Kier molecular flexibility index (Phi) is 4.39. The first-order valence-electron chi connectivity index (χ1n) is 10.3. The van der Waals surface area contributed by atoms with Gasteiger partial charge in [-0.2, -0.15) is 0 Å². The highest BCUT2D eigenvalue weighted by Gasteiger charge is 2.68. The third-order valence-corrected chi connectivity index (χ3v) is 6.94. The van der Waals surface area contributed by atoms with Gasteiger partial charge >= 0.3 is 0 Å². The number of hydrogen-bond acceptors (Lipinski definition) is 4. The number of hydrogen-bond donors (Lipinski definition) is 1. The van der Waals surface area contributed by atoms with Gasteiger partial charge in [0.25, 0.3) is 5.91 Å². The Balaban J connectivity index is 1.44. The van der Waals surface area contributed by atoms with Gasteiger partial charge in [0, 0.05) is 37.3 Å². The van der Waals surface area contributed by atoms with Crippen LogP contribution in [0.15, 0.2) is 54.9 Å². The number of carbonyl (C=O) groups excluding carboxylic acids is 2. The SMILES string of the molecule is O=C(c1cccnc1)N1CC2(C1)[C@@H](c1ccccc1)[C@H](CO)N2C(=O)C1CCC1. The maximum atomic E-state index is 13.2. The van der Waals surface area contributed by atoms with Crippen molar-refractivity contribution >= 4 is 11.8 Å². The number of amides is 2. The van der Waals surface area contributed by atoms with Gasteiger partial charge in [0.05, 0.1) is 23.8 Å². The molecule has 1 saturated carbocycles. The summed E-state index contributed by atoms with van der Waals surface area (Å²) in [6, 6.07) is 13.4. The Morgan fingerprint density at radius 2 is 1.86 bits per heavy atom. The van der Waals surface area contributed by atoms with E-state index in [0.717, 1.165) is 24.8 Å². The van der Waals surface area contributed by atoms with E-state index in [2.05, 4.69) is 17.1 Å². The highest BCUT2D eigenvalue weighted by Crippen LogP contribution is 2.55. The molecular formula is C23H25N3O3. The molecule has 3 aliphatic rings. The summed E-state index contributed by atoms with van der Waals surface area (Å²) in [6.45, 7) is 0.931. The van der Waals surface area contributed by atoms with Crippen LogP contribution in [-0.4, -0.2) is 63.0 Å². The van der Waals surface area contributed by atoms with E-state index in [1.54, 1.807) is 29.4 Å². The molecule has 29 heavy (non-hydrogen) atoms. The molecule has 3 heterocycles. The lowest BCUT2D eigenvalue weighted by molar-refractivity contribution is -0.199. The molecule has 5 rings (SSSR count). The summed E-state index contributed by atoms with van der Waals surface area (Å²) in [5, 5.41) is 10.1. The zero-order valence-corrected chi connectivity index (χ0v) is 16.3. The van der Waals surface area contributed by atoms with Crippen molar-refractivity contribution in [3.05, 3.63) is 66.0 Å². The molecule has 150 valence electrons. The van der Waals surface area contributed by atoms with Gasteiger partial charge in [0.2, 0.25) is 5.91 Å². The second-order valence-corrected chi connectivity index (χ2v) is 8.48. The van der Waals surface area contributed by atoms with Crippen molar-refractivity contribution < 1.29 is 14.7 Å². The molecule has 6 heteroatoms. The van der Waals surface area contributed by atoms with E-state index in [0.29, 0.717) is 18.7 Å². The standard InChI is InChI=1S/C23H25N3O3/c27-13-19-20(16-6-2-1-3-7-16)23(26(19)22(29)17-8-4-9-17)14-25(15-23)21(28)18-10-5-11-24-12-18/h1-3,5-7,10-12,17,19-20,27H,4,8-9,13-15H2/t19-,20-/m0/s1. The molecule has 1 spiro atoms. The van der Waals surface area contributed by atoms with Crippen LogP contribution in [0.3, 0.4) is 0 Å². The van der Waals surface area contributed by atoms with Crippen LogP contribution < -0.4 is 0 Å². The molecule has 2 aromatic rings. The van der Waals surface area contributed by atoms with Gasteiger partial charge in [0.1, 0.15) is 0 Å². The molecule has 1 N–H and O–H groups in total. The molecule has 1 aromatic carbocycles. The van der Waals surface area contributed by atoms with E-state index in [1.807, 2.05) is 23.1 Å². The van der Waals surface area contributed by atoms with Crippen molar-refractivity contribution in [2.24, 2.45) is 5.92 Å². The summed E-state index contributed by atoms with van der Waals surface area (Å²) in [5.41, 5.74) is 1.27. The number of carbonyl (C=O) groups is 2. The number of likely N-dealkylation sites (tertiary alicyclic amines) is 2. The minimum atomic E-state index is -0.417. The van der Waals surface area contributed by atoms with Gasteiger partial charge in [0.15, 0.2) is 0 Å². The van der Waals surface area contributed by atoms with Gasteiger partial charge in [-0.1, -0.05) is 36.8 Å². The fraction of sp³-hybridized carbons (Fsp3) is 0.435. The first-order chi connectivity index (χ1) is 14.2. The van der Waals surface area contributed by atoms with Crippen molar-refractivity contribution in [3.63, 3.8) is 0 Å². The maximum absolute atomic E-state index is 13.2. The molecule has 0 radical (unpaired) electrons. The highest BCUT2D eigenvalue weighted by molar-refractivity contribution is 5.95. The lowest BCUT2D eigenvalue weighted by Gasteiger charge is -2.71. The number of rotatable bonds is 4. The van der Waals surface area contributed by atoms with E-state index < -0.39 is 5.54 Å².